The van der Waals surface area contributed by atoms with Crippen LogP contribution in [-0.2, 0) is 0 Å². The van der Waals surface area contributed by atoms with Gasteiger partial charge in [0.1, 0.15) is 11.5 Å². The highest BCUT2D eigenvalue weighted by molar-refractivity contribution is 5.68. The molecule has 5 heteroatoms. The zero-order chi connectivity index (χ0) is 18.8. The molecule has 0 unspecified atom stereocenters. The summed E-state index contributed by atoms with van der Waals surface area (Å²) in [5.41, 5.74) is 3.82. The Morgan fingerprint density at radius 3 is 2.39 bits per heavy atom. The van der Waals surface area contributed by atoms with Gasteiger partial charge in [-0.05, 0) is 59.7 Å². The van der Waals surface area contributed by atoms with Crippen molar-refractivity contribution >= 4 is 5.65 Å². The molecule has 5 rings (SSSR count). The fraction of sp³-hybridized carbons (Fsp3) is 0. The monoisotopic (exact) mass is 364 g/mol. The van der Waals surface area contributed by atoms with Crippen LogP contribution < -0.4 is 4.74 Å². The van der Waals surface area contributed by atoms with Crippen LogP contribution in [-0.4, -0.2) is 19.6 Å². The molecular weight excluding hydrogens is 348 g/mol. The van der Waals surface area contributed by atoms with E-state index >= 15 is 0 Å². The van der Waals surface area contributed by atoms with E-state index in [1.54, 1.807) is 12.4 Å². The van der Waals surface area contributed by atoms with Crippen molar-refractivity contribution in [1.29, 1.82) is 0 Å². The molecule has 0 aliphatic carbocycles. The summed E-state index contributed by atoms with van der Waals surface area (Å²) in [6, 6.07) is 25.7. The van der Waals surface area contributed by atoms with Crippen LogP contribution in [0.25, 0.3) is 28.2 Å². The summed E-state index contributed by atoms with van der Waals surface area (Å²) in [5, 5.41) is 8.59. The Hall–Kier alpha value is -3.99. The minimum absolute atomic E-state index is 0.765. The Balaban J connectivity index is 1.54. The molecule has 5 aromatic rings. The molecule has 0 saturated heterocycles. The molecule has 3 aromatic heterocycles. The minimum Gasteiger partial charge on any atom is -0.457 e. The summed E-state index contributed by atoms with van der Waals surface area (Å²) < 4.78 is 7.95. The number of aromatic nitrogens is 4. The summed E-state index contributed by atoms with van der Waals surface area (Å²) >= 11 is 0. The second kappa shape index (κ2) is 6.96. The van der Waals surface area contributed by atoms with Gasteiger partial charge in [0.15, 0.2) is 11.5 Å². The summed E-state index contributed by atoms with van der Waals surface area (Å²) in [6.07, 6.45) is 5.58. The van der Waals surface area contributed by atoms with Crippen molar-refractivity contribution in [1.82, 2.24) is 19.6 Å². The van der Waals surface area contributed by atoms with Crippen LogP contribution in [0.3, 0.4) is 0 Å². The molecule has 0 atom stereocenters. The summed E-state index contributed by atoms with van der Waals surface area (Å²) in [6.45, 7) is 0. The molecule has 0 N–H and O–H groups in total. The number of fused-ring (bicyclic) bond motifs is 1. The van der Waals surface area contributed by atoms with Crippen LogP contribution >= 0.6 is 0 Å². The van der Waals surface area contributed by atoms with E-state index in [9.17, 15) is 0 Å². The Labute approximate surface area is 161 Å². The molecule has 2 aromatic carbocycles. The lowest BCUT2D eigenvalue weighted by Gasteiger charge is -2.08. The van der Waals surface area contributed by atoms with Crippen molar-refractivity contribution in [2.24, 2.45) is 0 Å². The highest BCUT2D eigenvalue weighted by Crippen LogP contribution is 2.28. The highest BCUT2D eigenvalue weighted by atomic mass is 16.5. The van der Waals surface area contributed by atoms with Gasteiger partial charge in [-0.25, -0.2) is 0 Å². The van der Waals surface area contributed by atoms with Crippen molar-refractivity contribution in [2.45, 2.75) is 0 Å². The zero-order valence-corrected chi connectivity index (χ0v) is 14.9. The van der Waals surface area contributed by atoms with Crippen LogP contribution in [0.5, 0.6) is 11.5 Å². The second-order valence-electron chi connectivity index (χ2n) is 6.35. The molecule has 0 radical (unpaired) electrons. The summed E-state index contributed by atoms with van der Waals surface area (Å²) in [4.78, 5) is 4.18. The lowest BCUT2D eigenvalue weighted by Crippen LogP contribution is -1.91. The van der Waals surface area contributed by atoms with Gasteiger partial charge in [-0.2, -0.15) is 0 Å². The van der Waals surface area contributed by atoms with E-state index in [-0.39, 0.29) is 0 Å². The van der Waals surface area contributed by atoms with Gasteiger partial charge < -0.3 is 4.74 Å². The molecule has 28 heavy (non-hydrogen) atoms. The molecule has 0 spiro atoms. The van der Waals surface area contributed by atoms with Gasteiger partial charge in [0.25, 0.3) is 0 Å². The number of ether oxygens (including phenoxy) is 1. The minimum atomic E-state index is 0.765. The number of hydrogen-bond acceptors (Lipinski definition) is 4. The molecule has 0 aliphatic heterocycles. The van der Waals surface area contributed by atoms with E-state index < -0.39 is 0 Å². The number of benzene rings is 2. The maximum absolute atomic E-state index is 5.97. The van der Waals surface area contributed by atoms with Crippen LogP contribution in [0.1, 0.15) is 0 Å². The predicted molar refractivity (Wildman–Crippen MR) is 108 cm³/mol. The Morgan fingerprint density at radius 1 is 0.679 bits per heavy atom. The van der Waals surface area contributed by atoms with Crippen molar-refractivity contribution in [3.05, 3.63) is 97.5 Å². The van der Waals surface area contributed by atoms with Crippen LogP contribution in [0.4, 0.5) is 0 Å². The van der Waals surface area contributed by atoms with Crippen LogP contribution in [0.15, 0.2) is 97.5 Å². The summed E-state index contributed by atoms with van der Waals surface area (Å²) in [5.74, 6) is 2.37. The number of hydrogen-bond donors (Lipinski definition) is 0. The van der Waals surface area contributed by atoms with Crippen molar-refractivity contribution in [3.63, 3.8) is 0 Å². The Morgan fingerprint density at radius 2 is 1.54 bits per heavy atom. The van der Waals surface area contributed by atoms with Gasteiger partial charge in [0.2, 0.25) is 0 Å². The third-order valence-corrected chi connectivity index (χ3v) is 4.47. The standard InChI is InChI=1S/C23H16N4O/c1-2-8-20(9-3-1)28-21-10-4-6-17(14-21)19-11-12-22-25-26-23(27(22)16-19)18-7-5-13-24-15-18/h1-16H. The molecule has 3 heterocycles. The quantitative estimate of drug-likeness (QED) is 0.437. The number of rotatable bonds is 4. The number of nitrogens with zero attached hydrogens (tertiary/aromatic N) is 4. The van der Waals surface area contributed by atoms with E-state index in [4.69, 9.17) is 4.74 Å². The fourth-order valence-electron chi connectivity index (χ4n) is 3.12. The average Bonchev–Trinajstić information content (AvgIpc) is 3.19. The predicted octanol–water partition coefficient (Wildman–Crippen LogP) is 5.25. The first-order chi connectivity index (χ1) is 13.9. The van der Waals surface area contributed by atoms with Crippen molar-refractivity contribution in [2.75, 3.05) is 0 Å². The fourth-order valence-corrected chi connectivity index (χ4v) is 3.12. The Kier molecular flexibility index (Phi) is 4.03. The third-order valence-electron chi connectivity index (χ3n) is 4.47. The van der Waals surface area contributed by atoms with Crippen molar-refractivity contribution < 1.29 is 4.74 Å². The Bertz CT molecular complexity index is 1230. The van der Waals surface area contributed by atoms with E-state index in [2.05, 4.69) is 21.2 Å². The number of para-hydroxylation sites is 1. The molecule has 0 saturated carbocycles. The van der Waals surface area contributed by atoms with E-state index in [1.807, 2.05) is 83.4 Å². The molecule has 0 bridgehead atoms. The SMILES string of the molecule is c1ccc(Oc2cccc(-c3ccc4nnc(-c5cccnc5)n4c3)c2)cc1. The average molecular weight is 364 g/mol. The summed E-state index contributed by atoms with van der Waals surface area (Å²) in [7, 11) is 0. The maximum atomic E-state index is 5.97. The zero-order valence-electron chi connectivity index (χ0n) is 14.9. The third kappa shape index (κ3) is 3.10. The van der Waals surface area contributed by atoms with Gasteiger partial charge in [0, 0.05) is 24.2 Å². The van der Waals surface area contributed by atoms with Crippen LogP contribution in [0, 0.1) is 0 Å². The van der Waals surface area contributed by atoms with E-state index in [1.165, 1.54) is 0 Å². The first-order valence-corrected chi connectivity index (χ1v) is 8.95. The van der Waals surface area contributed by atoms with Gasteiger partial charge in [0.05, 0.1) is 0 Å². The molecule has 134 valence electrons. The smallest absolute Gasteiger partial charge is 0.169 e. The lowest BCUT2D eigenvalue weighted by molar-refractivity contribution is 0.483. The second-order valence-corrected chi connectivity index (χ2v) is 6.35. The molecule has 5 nitrogen and oxygen atoms in total. The highest BCUT2D eigenvalue weighted by Gasteiger charge is 2.10. The topological polar surface area (TPSA) is 52.3 Å². The van der Waals surface area contributed by atoms with Gasteiger partial charge >= 0.3 is 0 Å². The van der Waals surface area contributed by atoms with E-state index in [0.29, 0.717) is 0 Å². The number of pyridine rings is 2. The van der Waals surface area contributed by atoms with Crippen molar-refractivity contribution in [3.8, 4) is 34.0 Å². The lowest BCUT2D eigenvalue weighted by atomic mass is 10.1. The molecule has 0 amide bonds. The first-order valence-electron chi connectivity index (χ1n) is 8.95. The maximum Gasteiger partial charge on any atom is 0.169 e. The molecule has 0 aliphatic rings. The molecule has 0 fully saturated rings. The molecular formula is C23H16N4O. The van der Waals surface area contributed by atoms with E-state index in [0.717, 1.165) is 39.7 Å². The van der Waals surface area contributed by atoms with Gasteiger partial charge in [-0.15, -0.1) is 10.2 Å². The van der Waals surface area contributed by atoms with Crippen LogP contribution in [0.2, 0.25) is 0 Å². The normalized spacial score (nSPS) is 10.9. The first kappa shape index (κ1) is 16.2. The van der Waals surface area contributed by atoms with Gasteiger partial charge in [-0.3, -0.25) is 9.38 Å². The van der Waals surface area contributed by atoms with Gasteiger partial charge in [-0.1, -0.05) is 30.3 Å². The largest absolute Gasteiger partial charge is 0.457 e.